The maximum absolute atomic E-state index is 5.01. The van der Waals surface area contributed by atoms with Gasteiger partial charge in [0.1, 0.15) is 5.01 Å². The van der Waals surface area contributed by atoms with Crippen molar-refractivity contribution in [3.05, 3.63) is 164 Å². The van der Waals surface area contributed by atoms with Crippen LogP contribution < -0.4 is 0 Å². The fourth-order valence-electron chi connectivity index (χ4n) is 7.20. The smallest absolute Gasteiger partial charge is 0.124 e. The number of hydrogen-bond acceptors (Lipinski definition) is 2. The van der Waals surface area contributed by atoms with E-state index in [-0.39, 0.29) is 0 Å². The summed E-state index contributed by atoms with van der Waals surface area (Å²) in [7, 11) is 0. The van der Waals surface area contributed by atoms with Gasteiger partial charge in [0.2, 0.25) is 0 Å². The topological polar surface area (TPSA) is 22.8 Å². The molecule has 0 saturated heterocycles. The standard InChI is InChI=1S/C43H27N3S/c1-3-12-28(13-4-1)43-44-37-25-30(22-23-42(37)47-43)29-14-11-17-32(24-29)46-39-21-10-8-19-34(39)36-26-40-35(27-41(36)46)33-18-7-9-20-38(33)45(40)31-15-5-2-6-16-31/h1-27H. The molecule has 0 amide bonds. The van der Waals surface area contributed by atoms with Crippen LogP contribution in [0.15, 0.2) is 164 Å². The first-order valence-corrected chi connectivity index (χ1v) is 16.7. The molecule has 0 saturated carbocycles. The van der Waals surface area contributed by atoms with Crippen LogP contribution in [0.2, 0.25) is 0 Å². The fourth-order valence-corrected chi connectivity index (χ4v) is 8.15. The van der Waals surface area contributed by atoms with Crippen LogP contribution >= 0.6 is 11.3 Å². The van der Waals surface area contributed by atoms with Gasteiger partial charge in [-0.3, -0.25) is 0 Å². The van der Waals surface area contributed by atoms with E-state index >= 15 is 0 Å². The second kappa shape index (κ2) is 10.3. The zero-order chi connectivity index (χ0) is 30.9. The molecule has 10 rings (SSSR count). The Kier molecular flexibility index (Phi) is 5.74. The maximum Gasteiger partial charge on any atom is 0.124 e. The third-order valence-electron chi connectivity index (χ3n) is 9.33. The first kappa shape index (κ1) is 26.3. The van der Waals surface area contributed by atoms with Gasteiger partial charge in [-0.2, -0.15) is 0 Å². The summed E-state index contributed by atoms with van der Waals surface area (Å²) < 4.78 is 6.02. The average molecular weight is 618 g/mol. The summed E-state index contributed by atoms with van der Waals surface area (Å²) in [6.07, 6.45) is 0. The van der Waals surface area contributed by atoms with E-state index in [1.165, 1.54) is 65.1 Å². The van der Waals surface area contributed by atoms with E-state index in [9.17, 15) is 0 Å². The van der Waals surface area contributed by atoms with Crippen molar-refractivity contribution in [2.45, 2.75) is 0 Å². The molecule has 3 nitrogen and oxygen atoms in total. The van der Waals surface area contributed by atoms with Gasteiger partial charge < -0.3 is 9.13 Å². The lowest BCUT2D eigenvalue weighted by atomic mass is 10.0. The number of fused-ring (bicyclic) bond motifs is 7. The van der Waals surface area contributed by atoms with E-state index in [2.05, 4.69) is 167 Å². The number of hydrogen-bond donors (Lipinski definition) is 0. The monoisotopic (exact) mass is 617 g/mol. The summed E-state index contributed by atoms with van der Waals surface area (Å²) >= 11 is 1.74. The Labute approximate surface area is 275 Å². The lowest BCUT2D eigenvalue weighted by Gasteiger charge is -2.11. The molecule has 0 radical (unpaired) electrons. The molecule has 0 fully saturated rings. The Morgan fingerprint density at radius 1 is 0.383 bits per heavy atom. The molecule has 220 valence electrons. The van der Waals surface area contributed by atoms with Gasteiger partial charge in [-0.15, -0.1) is 11.3 Å². The lowest BCUT2D eigenvalue weighted by Crippen LogP contribution is -1.95. The predicted octanol–water partition coefficient (Wildman–Crippen LogP) is 11.8. The Morgan fingerprint density at radius 2 is 0.936 bits per heavy atom. The van der Waals surface area contributed by atoms with Crippen LogP contribution in [0.1, 0.15) is 0 Å². The van der Waals surface area contributed by atoms with Gasteiger partial charge >= 0.3 is 0 Å². The summed E-state index contributed by atoms with van der Waals surface area (Å²) in [6, 6.07) is 59.0. The second-order valence-electron chi connectivity index (χ2n) is 12.0. The fraction of sp³-hybridized carbons (Fsp3) is 0. The van der Waals surface area contributed by atoms with Crippen molar-refractivity contribution in [1.82, 2.24) is 14.1 Å². The van der Waals surface area contributed by atoms with Crippen molar-refractivity contribution >= 4 is 65.2 Å². The van der Waals surface area contributed by atoms with Crippen molar-refractivity contribution < 1.29 is 0 Å². The van der Waals surface area contributed by atoms with E-state index in [1.54, 1.807) is 11.3 Å². The number of rotatable bonds is 4. The number of nitrogens with zero attached hydrogens (tertiary/aromatic N) is 3. The van der Waals surface area contributed by atoms with E-state index in [0.29, 0.717) is 0 Å². The quantitative estimate of drug-likeness (QED) is 0.193. The highest BCUT2D eigenvalue weighted by Gasteiger charge is 2.18. The summed E-state index contributed by atoms with van der Waals surface area (Å²) in [5.41, 5.74) is 11.7. The molecule has 0 unspecified atom stereocenters. The minimum atomic E-state index is 1.03. The van der Waals surface area contributed by atoms with Gasteiger partial charge in [0.25, 0.3) is 0 Å². The number of para-hydroxylation sites is 3. The summed E-state index contributed by atoms with van der Waals surface area (Å²) in [6.45, 7) is 0. The van der Waals surface area contributed by atoms with Gasteiger partial charge in [-0.1, -0.05) is 103 Å². The average Bonchev–Trinajstić information content (AvgIpc) is 3.81. The second-order valence-corrected chi connectivity index (χ2v) is 13.1. The van der Waals surface area contributed by atoms with Crippen LogP contribution in [-0.4, -0.2) is 14.1 Å². The van der Waals surface area contributed by atoms with Crippen molar-refractivity contribution in [2.75, 3.05) is 0 Å². The van der Waals surface area contributed by atoms with Crippen LogP contribution in [-0.2, 0) is 0 Å². The SMILES string of the molecule is c1ccc(-c2nc3cc(-c4cccc(-n5c6ccccc6c6cc7c(cc65)c5ccccc5n7-c5ccccc5)c4)ccc3s2)cc1. The molecule has 0 bridgehead atoms. The van der Waals surface area contributed by atoms with Gasteiger partial charge in [0.15, 0.2) is 0 Å². The normalized spacial score (nSPS) is 11.8. The molecule has 3 heterocycles. The minimum absolute atomic E-state index is 1.03. The zero-order valence-electron chi connectivity index (χ0n) is 25.3. The largest absolute Gasteiger partial charge is 0.309 e. The Balaban J connectivity index is 1.18. The highest BCUT2D eigenvalue weighted by atomic mass is 32.1. The van der Waals surface area contributed by atoms with E-state index in [4.69, 9.17) is 4.98 Å². The van der Waals surface area contributed by atoms with Crippen LogP contribution in [0.4, 0.5) is 0 Å². The summed E-state index contributed by atoms with van der Waals surface area (Å²) in [5, 5.41) is 6.05. The summed E-state index contributed by atoms with van der Waals surface area (Å²) in [4.78, 5) is 5.01. The molecular weight excluding hydrogens is 591 g/mol. The number of thiazole rings is 1. The van der Waals surface area contributed by atoms with Gasteiger partial charge in [-0.05, 0) is 71.8 Å². The Bertz CT molecular complexity index is 2780. The molecule has 7 aromatic carbocycles. The molecule has 0 atom stereocenters. The van der Waals surface area contributed by atoms with E-state index in [1.807, 2.05) is 6.07 Å². The maximum atomic E-state index is 5.01. The molecule has 47 heavy (non-hydrogen) atoms. The van der Waals surface area contributed by atoms with Crippen molar-refractivity contribution in [3.63, 3.8) is 0 Å². The first-order valence-electron chi connectivity index (χ1n) is 15.9. The molecular formula is C43H27N3S. The van der Waals surface area contributed by atoms with Crippen molar-refractivity contribution in [3.8, 4) is 33.1 Å². The van der Waals surface area contributed by atoms with Gasteiger partial charge in [0, 0.05) is 38.5 Å². The number of aromatic nitrogens is 3. The molecule has 0 aliphatic rings. The van der Waals surface area contributed by atoms with Crippen LogP contribution in [0.3, 0.4) is 0 Å². The third kappa shape index (κ3) is 4.09. The molecule has 0 N–H and O–H groups in total. The zero-order valence-corrected chi connectivity index (χ0v) is 26.2. The van der Waals surface area contributed by atoms with Crippen LogP contribution in [0.5, 0.6) is 0 Å². The number of benzene rings is 7. The highest BCUT2D eigenvalue weighted by molar-refractivity contribution is 7.21. The van der Waals surface area contributed by atoms with Crippen molar-refractivity contribution in [1.29, 1.82) is 0 Å². The highest BCUT2D eigenvalue weighted by Crippen LogP contribution is 2.40. The Hall–Kier alpha value is -5.97. The van der Waals surface area contributed by atoms with E-state index in [0.717, 1.165) is 21.8 Å². The molecule has 0 aliphatic heterocycles. The van der Waals surface area contributed by atoms with Crippen molar-refractivity contribution in [2.24, 2.45) is 0 Å². The molecule has 0 aliphatic carbocycles. The van der Waals surface area contributed by atoms with Crippen LogP contribution in [0.25, 0.3) is 86.9 Å². The predicted molar refractivity (Wildman–Crippen MR) is 199 cm³/mol. The van der Waals surface area contributed by atoms with Gasteiger partial charge in [-0.25, -0.2) is 4.98 Å². The Morgan fingerprint density at radius 3 is 1.64 bits per heavy atom. The lowest BCUT2D eigenvalue weighted by molar-refractivity contribution is 1.17. The minimum Gasteiger partial charge on any atom is -0.309 e. The van der Waals surface area contributed by atoms with Crippen LogP contribution in [0, 0.1) is 0 Å². The molecule has 4 heteroatoms. The molecule has 0 spiro atoms. The molecule has 10 aromatic rings. The summed E-state index contributed by atoms with van der Waals surface area (Å²) in [5.74, 6) is 0. The third-order valence-corrected chi connectivity index (χ3v) is 10.4. The first-order chi connectivity index (χ1) is 23.3. The van der Waals surface area contributed by atoms with E-state index < -0.39 is 0 Å². The van der Waals surface area contributed by atoms with Gasteiger partial charge in [0.05, 0.1) is 32.3 Å². The molecule has 3 aromatic heterocycles.